The molecule has 0 aliphatic heterocycles. The predicted octanol–water partition coefficient (Wildman–Crippen LogP) is 1.86. The minimum atomic E-state index is 0.439. The molecule has 70 valence electrons. The molecule has 1 aromatic heterocycles. The van der Waals surface area contributed by atoms with Crippen LogP contribution in [-0.2, 0) is 0 Å². The van der Waals surface area contributed by atoms with E-state index in [1.807, 2.05) is 0 Å². The first-order valence-corrected chi connectivity index (χ1v) is 4.27. The molecule has 1 heterocycles. The fourth-order valence-corrected chi connectivity index (χ4v) is 1.24. The molecule has 0 N–H and O–H groups in total. The summed E-state index contributed by atoms with van der Waals surface area (Å²) < 4.78 is 10.7. The molecular weight excluding hydrogens is 236 g/mol. The summed E-state index contributed by atoms with van der Waals surface area (Å²) in [5.41, 5.74) is 0.632. The topological polar surface area (TPSA) is 44.2 Å². The van der Waals surface area contributed by atoms with Crippen LogP contribution in [0, 0.1) is 0 Å². The van der Waals surface area contributed by atoms with E-state index >= 15 is 0 Å². The Morgan fingerprint density at radius 1 is 1.31 bits per heavy atom. The van der Waals surface area contributed by atoms with Crippen molar-refractivity contribution in [3.05, 3.63) is 18.5 Å². The maximum atomic E-state index is 5.03. The molecule has 13 heavy (non-hydrogen) atoms. The van der Waals surface area contributed by atoms with E-state index in [2.05, 4.69) is 32.5 Å². The van der Waals surface area contributed by atoms with Crippen LogP contribution in [0.15, 0.2) is 12.9 Å². The summed E-state index contributed by atoms with van der Waals surface area (Å²) in [6.45, 7) is 3.72. The van der Waals surface area contributed by atoms with Gasteiger partial charge < -0.3 is 9.47 Å². The van der Waals surface area contributed by atoms with Gasteiger partial charge in [0.15, 0.2) is 0 Å². The van der Waals surface area contributed by atoms with Crippen LogP contribution in [0.1, 0.15) is 5.56 Å². The molecule has 0 bridgehead atoms. The van der Waals surface area contributed by atoms with Crippen molar-refractivity contribution in [2.75, 3.05) is 14.2 Å². The van der Waals surface area contributed by atoms with Crippen LogP contribution in [0.2, 0.25) is 0 Å². The normalized spacial score (nSPS) is 9.46. The van der Waals surface area contributed by atoms with E-state index < -0.39 is 0 Å². The van der Waals surface area contributed by atoms with E-state index in [1.54, 1.807) is 0 Å². The lowest BCUT2D eigenvalue weighted by Crippen LogP contribution is -1.98. The third-order valence-electron chi connectivity index (χ3n) is 1.44. The summed E-state index contributed by atoms with van der Waals surface area (Å²) >= 11 is 3.23. The average molecular weight is 245 g/mol. The Labute approximate surface area is 84.7 Å². The van der Waals surface area contributed by atoms with E-state index in [4.69, 9.17) is 9.47 Å². The first-order chi connectivity index (χ1) is 6.20. The molecular formula is C8H9BrN2O2. The zero-order chi connectivity index (χ0) is 9.84. The van der Waals surface area contributed by atoms with Crippen LogP contribution < -0.4 is 9.47 Å². The third kappa shape index (κ3) is 1.98. The second-order valence-corrected chi connectivity index (χ2v) is 3.13. The Kier molecular flexibility index (Phi) is 3.25. The van der Waals surface area contributed by atoms with Crippen molar-refractivity contribution in [3.8, 4) is 11.8 Å². The number of nitrogens with zero attached hydrogens (tertiary/aromatic N) is 2. The molecule has 5 heteroatoms. The van der Waals surface area contributed by atoms with Crippen LogP contribution in [0.4, 0.5) is 0 Å². The smallest absolute Gasteiger partial charge is 0.228 e. The SMILES string of the molecule is C=C(Br)c1c(OC)ncnc1OC. The molecule has 0 spiro atoms. The summed E-state index contributed by atoms with van der Waals surface area (Å²) in [5.74, 6) is 0.877. The van der Waals surface area contributed by atoms with Gasteiger partial charge in [0, 0.05) is 4.48 Å². The van der Waals surface area contributed by atoms with E-state index in [0.717, 1.165) is 0 Å². The van der Waals surface area contributed by atoms with Crippen molar-refractivity contribution in [3.63, 3.8) is 0 Å². The fourth-order valence-electron chi connectivity index (χ4n) is 0.896. The van der Waals surface area contributed by atoms with Gasteiger partial charge in [0.2, 0.25) is 11.8 Å². The summed E-state index contributed by atoms with van der Waals surface area (Å²) in [6.07, 6.45) is 1.37. The molecule has 0 aliphatic rings. The minimum Gasteiger partial charge on any atom is -0.480 e. The van der Waals surface area contributed by atoms with Gasteiger partial charge in [0.25, 0.3) is 0 Å². The number of hydrogen-bond donors (Lipinski definition) is 0. The Hall–Kier alpha value is -1.10. The molecule has 0 radical (unpaired) electrons. The zero-order valence-corrected chi connectivity index (χ0v) is 8.96. The first kappa shape index (κ1) is 9.98. The van der Waals surface area contributed by atoms with Crippen LogP contribution >= 0.6 is 15.9 Å². The largest absolute Gasteiger partial charge is 0.480 e. The minimum absolute atomic E-state index is 0.439. The highest BCUT2D eigenvalue weighted by molar-refractivity contribution is 9.15. The van der Waals surface area contributed by atoms with Gasteiger partial charge in [-0.3, -0.25) is 0 Å². The van der Waals surface area contributed by atoms with Crippen LogP contribution in [0.3, 0.4) is 0 Å². The standard InChI is InChI=1S/C8H9BrN2O2/c1-5(9)6-7(12-2)10-4-11-8(6)13-3/h4H,1H2,2-3H3. The van der Waals surface area contributed by atoms with E-state index in [9.17, 15) is 0 Å². The highest BCUT2D eigenvalue weighted by atomic mass is 79.9. The van der Waals surface area contributed by atoms with E-state index in [1.165, 1.54) is 20.5 Å². The first-order valence-electron chi connectivity index (χ1n) is 3.48. The molecule has 0 aromatic carbocycles. The predicted molar refractivity (Wildman–Crippen MR) is 53.1 cm³/mol. The maximum Gasteiger partial charge on any atom is 0.228 e. The van der Waals surface area contributed by atoms with Crippen molar-refractivity contribution in [2.45, 2.75) is 0 Å². The molecule has 0 atom stereocenters. The monoisotopic (exact) mass is 244 g/mol. The fraction of sp³-hybridized carbons (Fsp3) is 0.250. The molecule has 1 rings (SSSR count). The zero-order valence-electron chi connectivity index (χ0n) is 7.37. The van der Waals surface area contributed by atoms with Crippen molar-refractivity contribution >= 4 is 20.4 Å². The van der Waals surface area contributed by atoms with Gasteiger partial charge in [-0.2, -0.15) is 0 Å². The van der Waals surface area contributed by atoms with Crippen molar-refractivity contribution < 1.29 is 9.47 Å². The quantitative estimate of drug-likeness (QED) is 0.815. The lowest BCUT2D eigenvalue weighted by Gasteiger charge is -2.08. The maximum absolute atomic E-state index is 5.03. The Bertz CT molecular complexity index is 306. The van der Waals surface area contributed by atoms with Gasteiger partial charge in [-0.15, -0.1) is 0 Å². The van der Waals surface area contributed by atoms with E-state index in [0.29, 0.717) is 21.8 Å². The van der Waals surface area contributed by atoms with Crippen molar-refractivity contribution in [1.82, 2.24) is 9.97 Å². The lowest BCUT2D eigenvalue weighted by atomic mass is 10.3. The number of ether oxygens (including phenoxy) is 2. The molecule has 0 fully saturated rings. The molecule has 0 unspecified atom stereocenters. The van der Waals surface area contributed by atoms with Crippen LogP contribution in [-0.4, -0.2) is 24.2 Å². The van der Waals surface area contributed by atoms with Gasteiger partial charge in [0.05, 0.1) is 14.2 Å². The number of methoxy groups -OCH3 is 2. The Morgan fingerprint density at radius 2 is 1.77 bits per heavy atom. The summed E-state index contributed by atoms with van der Waals surface area (Å²) in [7, 11) is 3.06. The number of hydrogen-bond acceptors (Lipinski definition) is 4. The summed E-state index contributed by atoms with van der Waals surface area (Å²) in [4.78, 5) is 7.85. The van der Waals surface area contributed by atoms with E-state index in [-0.39, 0.29) is 0 Å². The summed E-state index contributed by atoms with van der Waals surface area (Å²) in [5, 5.41) is 0. The molecule has 0 amide bonds. The third-order valence-corrected chi connectivity index (χ3v) is 1.83. The van der Waals surface area contributed by atoms with Gasteiger partial charge in [-0.25, -0.2) is 9.97 Å². The van der Waals surface area contributed by atoms with Gasteiger partial charge >= 0.3 is 0 Å². The average Bonchev–Trinajstić information content (AvgIpc) is 2.16. The molecule has 0 saturated heterocycles. The highest BCUT2D eigenvalue weighted by Crippen LogP contribution is 2.32. The van der Waals surface area contributed by atoms with Crippen molar-refractivity contribution in [1.29, 1.82) is 0 Å². The van der Waals surface area contributed by atoms with Crippen LogP contribution in [0.25, 0.3) is 4.48 Å². The molecule has 1 aromatic rings. The number of halogens is 1. The number of rotatable bonds is 3. The second-order valence-electron chi connectivity index (χ2n) is 2.17. The van der Waals surface area contributed by atoms with Gasteiger partial charge in [-0.05, 0) is 0 Å². The van der Waals surface area contributed by atoms with Crippen LogP contribution in [0.5, 0.6) is 11.8 Å². The summed E-state index contributed by atoms with van der Waals surface area (Å²) in [6, 6.07) is 0. The van der Waals surface area contributed by atoms with Gasteiger partial charge in [-0.1, -0.05) is 22.5 Å². The highest BCUT2D eigenvalue weighted by Gasteiger charge is 2.13. The molecule has 0 saturated carbocycles. The second kappa shape index (κ2) is 4.23. The molecule has 4 nitrogen and oxygen atoms in total. The van der Waals surface area contributed by atoms with Gasteiger partial charge in [0.1, 0.15) is 11.9 Å². The Morgan fingerprint density at radius 3 is 2.08 bits per heavy atom. The van der Waals surface area contributed by atoms with Crippen molar-refractivity contribution in [2.24, 2.45) is 0 Å². The number of aromatic nitrogens is 2. The molecule has 0 aliphatic carbocycles. The lowest BCUT2D eigenvalue weighted by molar-refractivity contribution is 0.369. The Balaban J connectivity index is 3.29.